The summed E-state index contributed by atoms with van der Waals surface area (Å²) in [5, 5.41) is 2.02. The summed E-state index contributed by atoms with van der Waals surface area (Å²) in [6.45, 7) is 5.92. The third-order valence-corrected chi connectivity index (χ3v) is 5.30. The molecule has 0 unspecified atom stereocenters. The van der Waals surface area contributed by atoms with Gasteiger partial charge in [-0.05, 0) is 48.4 Å². The van der Waals surface area contributed by atoms with Gasteiger partial charge >= 0.3 is 0 Å². The molecule has 0 saturated carbocycles. The van der Waals surface area contributed by atoms with Crippen LogP contribution in [0.5, 0.6) is 5.75 Å². The molecule has 1 aliphatic heterocycles. The lowest BCUT2D eigenvalue weighted by Gasteiger charge is -2.41. The van der Waals surface area contributed by atoms with Crippen molar-refractivity contribution in [2.75, 3.05) is 11.5 Å². The SMILES string of the molecule is CC(=O)N1c2ccccc2C(COc2cc3ccccc3cc2C=O)=CC1(C)C. The zero-order chi connectivity index (χ0) is 20.6. The molecule has 1 heterocycles. The highest BCUT2D eigenvalue weighted by Gasteiger charge is 2.34. The molecule has 1 aliphatic rings. The van der Waals surface area contributed by atoms with Crippen molar-refractivity contribution in [1.82, 2.24) is 0 Å². The maximum absolute atomic E-state index is 12.3. The average molecular weight is 385 g/mol. The zero-order valence-corrected chi connectivity index (χ0v) is 16.8. The van der Waals surface area contributed by atoms with Crippen LogP contribution in [0.15, 0.2) is 66.7 Å². The minimum atomic E-state index is -0.476. The van der Waals surface area contributed by atoms with Crippen molar-refractivity contribution in [1.29, 1.82) is 0 Å². The summed E-state index contributed by atoms with van der Waals surface area (Å²) in [6, 6.07) is 19.5. The first kappa shape index (κ1) is 18.9. The van der Waals surface area contributed by atoms with Crippen LogP contribution in [0.4, 0.5) is 5.69 Å². The Kier molecular flexibility index (Phi) is 4.71. The number of carbonyl (C=O) groups is 2. The first-order valence-corrected chi connectivity index (χ1v) is 9.63. The van der Waals surface area contributed by atoms with Crippen molar-refractivity contribution in [3.8, 4) is 5.75 Å². The monoisotopic (exact) mass is 385 g/mol. The van der Waals surface area contributed by atoms with E-state index in [1.807, 2.05) is 74.5 Å². The summed E-state index contributed by atoms with van der Waals surface area (Å²) in [5.41, 5.74) is 2.89. The molecule has 0 saturated heterocycles. The Hall–Kier alpha value is -3.40. The molecule has 4 nitrogen and oxygen atoms in total. The van der Waals surface area contributed by atoms with Crippen LogP contribution in [0.2, 0.25) is 0 Å². The molecule has 0 aromatic heterocycles. The van der Waals surface area contributed by atoms with E-state index < -0.39 is 5.54 Å². The van der Waals surface area contributed by atoms with Crippen molar-refractivity contribution in [2.24, 2.45) is 0 Å². The van der Waals surface area contributed by atoms with Crippen LogP contribution in [0, 0.1) is 0 Å². The lowest BCUT2D eigenvalue weighted by molar-refractivity contribution is -0.117. The number of aldehydes is 1. The number of amides is 1. The minimum absolute atomic E-state index is 0.00330. The Balaban J connectivity index is 1.71. The van der Waals surface area contributed by atoms with E-state index in [4.69, 9.17) is 4.74 Å². The second-order valence-corrected chi connectivity index (χ2v) is 7.84. The molecule has 0 spiro atoms. The number of hydrogen-bond donors (Lipinski definition) is 0. The highest BCUT2D eigenvalue weighted by molar-refractivity contribution is 5.99. The summed E-state index contributed by atoms with van der Waals surface area (Å²) >= 11 is 0. The van der Waals surface area contributed by atoms with Crippen LogP contribution in [0.3, 0.4) is 0 Å². The number of ether oxygens (including phenoxy) is 1. The Morgan fingerprint density at radius 1 is 1.03 bits per heavy atom. The van der Waals surface area contributed by atoms with Crippen LogP contribution < -0.4 is 9.64 Å². The number of benzene rings is 3. The number of hydrogen-bond acceptors (Lipinski definition) is 3. The Morgan fingerprint density at radius 3 is 2.38 bits per heavy atom. The lowest BCUT2D eigenvalue weighted by Crippen LogP contribution is -2.48. The van der Waals surface area contributed by atoms with Gasteiger partial charge in [0, 0.05) is 12.5 Å². The quantitative estimate of drug-likeness (QED) is 0.576. The number of carbonyl (C=O) groups excluding carboxylic acids is 2. The summed E-state index contributed by atoms with van der Waals surface area (Å²) < 4.78 is 6.12. The normalized spacial score (nSPS) is 14.9. The number of nitrogens with zero attached hydrogens (tertiary/aromatic N) is 1. The molecule has 0 atom stereocenters. The van der Waals surface area contributed by atoms with Gasteiger partial charge in [-0.15, -0.1) is 0 Å². The van der Waals surface area contributed by atoms with E-state index in [9.17, 15) is 9.59 Å². The summed E-state index contributed by atoms with van der Waals surface area (Å²) in [5.74, 6) is 0.556. The molecular weight excluding hydrogens is 362 g/mol. The summed E-state index contributed by atoms with van der Waals surface area (Å²) in [7, 11) is 0. The van der Waals surface area contributed by atoms with Gasteiger partial charge in [-0.2, -0.15) is 0 Å². The third kappa shape index (κ3) is 3.42. The second kappa shape index (κ2) is 7.21. The van der Waals surface area contributed by atoms with Crippen LogP contribution in [-0.2, 0) is 4.79 Å². The molecule has 3 aromatic carbocycles. The molecule has 0 radical (unpaired) electrons. The molecule has 0 aliphatic carbocycles. The van der Waals surface area contributed by atoms with Gasteiger partial charge in [-0.25, -0.2) is 0 Å². The van der Waals surface area contributed by atoms with E-state index in [0.717, 1.165) is 33.9 Å². The highest BCUT2D eigenvalue weighted by atomic mass is 16.5. The maximum atomic E-state index is 12.3. The fraction of sp³-hybridized carbons (Fsp3) is 0.200. The van der Waals surface area contributed by atoms with E-state index >= 15 is 0 Å². The minimum Gasteiger partial charge on any atom is -0.488 e. The van der Waals surface area contributed by atoms with Crippen molar-refractivity contribution >= 4 is 34.2 Å². The van der Waals surface area contributed by atoms with Crippen LogP contribution in [-0.4, -0.2) is 24.3 Å². The molecule has 146 valence electrons. The van der Waals surface area contributed by atoms with Gasteiger partial charge in [0.25, 0.3) is 0 Å². The fourth-order valence-electron chi connectivity index (χ4n) is 4.12. The predicted molar refractivity (Wildman–Crippen MR) is 116 cm³/mol. The van der Waals surface area contributed by atoms with Crippen molar-refractivity contribution < 1.29 is 14.3 Å². The molecule has 0 bridgehead atoms. The van der Waals surface area contributed by atoms with Gasteiger partial charge in [0.1, 0.15) is 12.4 Å². The summed E-state index contributed by atoms with van der Waals surface area (Å²) in [6.07, 6.45) is 2.89. The van der Waals surface area contributed by atoms with E-state index in [-0.39, 0.29) is 5.91 Å². The maximum Gasteiger partial charge on any atom is 0.224 e. The van der Waals surface area contributed by atoms with E-state index in [1.165, 1.54) is 0 Å². The molecule has 4 rings (SSSR count). The van der Waals surface area contributed by atoms with Crippen molar-refractivity contribution in [3.05, 3.63) is 77.9 Å². The highest BCUT2D eigenvalue weighted by Crippen LogP contribution is 2.39. The molecule has 3 aromatic rings. The number of rotatable bonds is 4. The number of para-hydroxylation sites is 1. The van der Waals surface area contributed by atoms with Crippen LogP contribution in [0.1, 0.15) is 36.7 Å². The van der Waals surface area contributed by atoms with Gasteiger partial charge in [0.2, 0.25) is 5.91 Å². The average Bonchev–Trinajstić information content (AvgIpc) is 2.70. The molecule has 29 heavy (non-hydrogen) atoms. The molecule has 0 N–H and O–H groups in total. The largest absolute Gasteiger partial charge is 0.488 e. The summed E-state index contributed by atoms with van der Waals surface area (Å²) in [4.78, 5) is 25.7. The van der Waals surface area contributed by atoms with Crippen molar-refractivity contribution in [2.45, 2.75) is 26.3 Å². The van der Waals surface area contributed by atoms with Crippen molar-refractivity contribution in [3.63, 3.8) is 0 Å². The molecule has 1 amide bonds. The van der Waals surface area contributed by atoms with Gasteiger partial charge in [0.15, 0.2) is 6.29 Å². The predicted octanol–water partition coefficient (Wildman–Crippen LogP) is 5.26. The number of fused-ring (bicyclic) bond motifs is 2. The van der Waals surface area contributed by atoms with Gasteiger partial charge < -0.3 is 9.64 Å². The second-order valence-electron chi connectivity index (χ2n) is 7.84. The Labute approximate surface area is 170 Å². The number of anilines is 1. The molecule has 4 heteroatoms. The first-order chi connectivity index (χ1) is 13.9. The molecule has 0 fully saturated rings. The van der Waals surface area contributed by atoms with Crippen LogP contribution in [0.25, 0.3) is 16.3 Å². The molecular formula is C25H23NO3. The van der Waals surface area contributed by atoms with Gasteiger partial charge in [-0.3, -0.25) is 9.59 Å². The fourth-order valence-corrected chi connectivity index (χ4v) is 4.12. The van der Waals surface area contributed by atoms with E-state index in [1.54, 1.807) is 11.8 Å². The van der Waals surface area contributed by atoms with Gasteiger partial charge in [0.05, 0.1) is 16.8 Å². The Morgan fingerprint density at radius 2 is 1.69 bits per heavy atom. The van der Waals surface area contributed by atoms with Crippen LogP contribution >= 0.6 is 0 Å². The lowest BCUT2D eigenvalue weighted by atomic mass is 9.88. The van der Waals surface area contributed by atoms with E-state index in [0.29, 0.717) is 17.9 Å². The topological polar surface area (TPSA) is 46.6 Å². The zero-order valence-electron chi connectivity index (χ0n) is 16.8. The first-order valence-electron chi connectivity index (χ1n) is 9.63. The Bertz CT molecular complexity index is 1140. The smallest absolute Gasteiger partial charge is 0.224 e. The standard InChI is InChI=1S/C25H23NO3/c1-17(28)26-23-11-7-6-10-22(23)21(14-25(26,2)3)16-29-24-13-19-9-5-4-8-18(19)12-20(24)15-27/h4-15H,16H2,1-3H3. The third-order valence-electron chi connectivity index (χ3n) is 5.30. The van der Waals surface area contributed by atoms with E-state index in [2.05, 4.69) is 6.08 Å². The van der Waals surface area contributed by atoms with Gasteiger partial charge in [-0.1, -0.05) is 48.5 Å².